The molecule has 0 amide bonds. The Bertz CT molecular complexity index is 579. The molecule has 0 aliphatic rings. The van der Waals surface area contributed by atoms with Gasteiger partial charge in [0.15, 0.2) is 0 Å². The van der Waals surface area contributed by atoms with Crippen LogP contribution in [0.1, 0.15) is 19.4 Å². The Kier molecular flexibility index (Phi) is 6.62. The van der Waals surface area contributed by atoms with Gasteiger partial charge in [-0.25, -0.2) is 9.59 Å². The van der Waals surface area contributed by atoms with E-state index in [-0.39, 0.29) is 24.6 Å². The van der Waals surface area contributed by atoms with Crippen LogP contribution in [-0.4, -0.2) is 25.2 Å². The number of ether oxygens (including phenoxy) is 2. The molecule has 0 saturated carbocycles. The fourth-order valence-corrected chi connectivity index (χ4v) is 1.55. The Morgan fingerprint density at radius 1 is 1.09 bits per heavy atom. The molecule has 0 bridgehead atoms. The first-order valence-electron chi connectivity index (χ1n) is 6.77. The highest BCUT2D eigenvalue weighted by atomic mass is 19.4. The number of carbonyl (C=O) groups excluding carboxylic acids is 2. The summed E-state index contributed by atoms with van der Waals surface area (Å²) in [5.74, 6) is -1.59. The Balaban J connectivity index is 2.96. The molecule has 1 aromatic carbocycles. The van der Waals surface area contributed by atoms with E-state index in [0.29, 0.717) is 0 Å². The molecule has 126 valence electrons. The van der Waals surface area contributed by atoms with Crippen molar-refractivity contribution in [3.63, 3.8) is 0 Å². The minimum Gasteiger partial charge on any atom is -0.463 e. The number of benzene rings is 1. The fourth-order valence-electron chi connectivity index (χ4n) is 1.55. The lowest BCUT2D eigenvalue weighted by Crippen LogP contribution is -2.17. The molecule has 0 saturated heterocycles. The van der Waals surface area contributed by atoms with Gasteiger partial charge in [0.2, 0.25) is 0 Å². The number of anilines is 1. The molecular formula is C15H16F3NO4. The van der Waals surface area contributed by atoms with E-state index in [1.165, 1.54) is 0 Å². The predicted molar refractivity (Wildman–Crippen MR) is 76.4 cm³/mol. The second-order valence-corrected chi connectivity index (χ2v) is 4.23. The zero-order valence-corrected chi connectivity index (χ0v) is 12.6. The SMILES string of the molecule is CCOC(=O)C=C(Nc1ccc(C(F)(F)F)cc1)C(=O)OCC. The summed E-state index contributed by atoms with van der Waals surface area (Å²) in [6, 6.07) is 3.99. The van der Waals surface area contributed by atoms with E-state index in [4.69, 9.17) is 9.47 Å². The molecule has 0 aliphatic heterocycles. The molecule has 0 fully saturated rings. The van der Waals surface area contributed by atoms with Gasteiger partial charge in [0.1, 0.15) is 5.70 Å². The Morgan fingerprint density at radius 2 is 1.65 bits per heavy atom. The third-order valence-electron chi connectivity index (χ3n) is 2.54. The van der Waals surface area contributed by atoms with E-state index in [1.54, 1.807) is 13.8 Å². The van der Waals surface area contributed by atoms with Gasteiger partial charge in [0.25, 0.3) is 0 Å². The first-order valence-corrected chi connectivity index (χ1v) is 6.77. The Labute approximate surface area is 131 Å². The largest absolute Gasteiger partial charge is 0.463 e. The molecule has 1 aromatic rings. The van der Waals surface area contributed by atoms with Crippen LogP contribution in [0.15, 0.2) is 36.0 Å². The van der Waals surface area contributed by atoms with Crippen molar-refractivity contribution in [3.8, 4) is 0 Å². The van der Waals surface area contributed by atoms with Crippen molar-refractivity contribution in [3.05, 3.63) is 41.6 Å². The molecule has 0 spiro atoms. The highest BCUT2D eigenvalue weighted by Gasteiger charge is 2.30. The van der Waals surface area contributed by atoms with Gasteiger partial charge in [-0.3, -0.25) is 0 Å². The molecule has 0 aromatic heterocycles. The smallest absolute Gasteiger partial charge is 0.416 e. The van der Waals surface area contributed by atoms with E-state index in [1.807, 2.05) is 0 Å². The molecule has 0 radical (unpaired) electrons. The van der Waals surface area contributed by atoms with Crippen LogP contribution in [-0.2, 0) is 25.2 Å². The van der Waals surface area contributed by atoms with Crippen LogP contribution < -0.4 is 5.32 Å². The summed E-state index contributed by atoms with van der Waals surface area (Å²) in [5.41, 5.74) is -0.859. The van der Waals surface area contributed by atoms with Gasteiger partial charge in [0, 0.05) is 5.69 Å². The number of rotatable bonds is 6. The minimum absolute atomic E-state index is 0.0771. The monoisotopic (exact) mass is 331 g/mol. The van der Waals surface area contributed by atoms with Gasteiger partial charge in [-0.05, 0) is 38.1 Å². The van der Waals surface area contributed by atoms with E-state index in [0.717, 1.165) is 30.3 Å². The van der Waals surface area contributed by atoms with Crippen LogP contribution in [0.3, 0.4) is 0 Å². The van der Waals surface area contributed by atoms with Crippen molar-refractivity contribution < 1.29 is 32.2 Å². The van der Waals surface area contributed by atoms with Crippen molar-refractivity contribution >= 4 is 17.6 Å². The molecule has 5 nitrogen and oxygen atoms in total. The summed E-state index contributed by atoms with van der Waals surface area (Å²) in [5, 5.41) is 2.55. The number of hydrogen-bond acceptors (Lipinski definition) is 5. The van der Waals surface area contributed by atoms with E-state index in [9.17, 15) is 22.8 Å². The lowest BCUT2D eigenvalue weighted by molar-refractivity contribution is -0.140. The Hall–Kier alpha value is -2.51. The highest BCUT2D eigenvalue weighted by molar-refractivity contribution is 5.98. The maximum absolute atomic E-state index is 12.5. The molecule has 8 heteroatoms. The number of halogens is 3. The number of nitrogens with one attached hydrogen (secondary N) is 1. The van der Waals surface area contributed by atoms with Crippen molar-refractivity contribution in [2.75, 3.05) is 18.5 Å². The molecule has 0 unspecified atom stereocenters. The second-order valence-electron chi connectivity index (χ2n) is 4.23. The van der Waals surface area contributed by atoms with Crippen LogP contribution in [0.4, 0.5) is 18.9 Å². The third-order valence-corrected chi connectivity index (χ3v) is 2.54. The summed E-state index contributed by atoms with van der Waals surface area (Å²) in [4.78, 5) is 23.2. The van der Waals surface area contributed by atoms with Crippen molar-refractivity contribution in [1.29, 1.82) is 0 Å². The van der Waals surface area contributed by atoms with Gasteiger partial charge >= 0.3 is 18.1 Å². The van der Waals surface area contributed by atoms with Gasteiger partial charge in [-0.2, -0.15) is 13.2 Å². The zero-order chi connectivity index (χ0) is 17.5. The first-order chi connectivity index (χ1) is 10.8. The highest BCUT2D eigenvalue weighted by Crippen LogP contribution is 2.30. The molecule has 1 N–H and O–H groups in total. The molecular weight excluding hydrogens is 315 g/mol. The third kappa shape index (κ3) is 6.01. The number of hydrogen-bond donors (Lipinski definition) is 1. The Morgan fingerprint density at radius 3 is 2.13 bits per heavy atom. The molecule has 1 rings (SSSR count). The molecule has 23 heavy (non-hydrogen) atoms. The van der Waals surface area contributed by atoms with Crippen LogP contribution in [0.2, 0.25) is 0 Å². The lowest BCUT2D eigenvalue weighted by Gasteiger charge is -2.11. The van der Waals surface area contributed by atoms with Gasteiger partial charge in [0.05, 0.1) is 24.9 Å². The summed E-state index contributed by atoms with van der Waals surface area (Å²) >= 11 is 0. The lowest BCUT2D eigenvalue weighted by atomic mass is 10.2. The number of esters is 2. The van der Waals surface area contributed by atoms with Crippen LogP contribution >= 0.6 is 0 Å². The topological polar surface area (TPSA) is 64.6 Å². The maximum Gasteiger partial charge on any atom is 0.416 e. The summed E-state index contributed by atoms with van der Waals surface area (Å²) in [6.45, 7) is 3.37. The fraction of sp³-hybridized carbons (Fsp3) is 0.333. The molecule has 0 heterocycles. The predicted octanol–water partition coefficient (Wildman–Crippen LogP) is 3.13. The van der Waals surface area contributed by atoms with Gasteiger partial charge in [-0.1, -0.05) is 0 Å². The van der Waals surface area contributed by atoms with Crippen LogP contribution in [0.5, 0.6) is 0 Å². The first kappa shape index (κ1) is 18.5. The zero-order valence-electron chi connectivity index (χ0n) is 12.6. The molecule has 0 aliphatic carbocycles. The normalized spacial score (nSPS) is 11.8. The van der Waals surface area contributed by atoms with Gasteiger partial charge in [-0.15, -0.1) is 0 Å². The second kappa shape index (κ2) is 8.21. The standard InChI is InChI=1S/C15H16F3NO4/c1-3-22-13(20)9-12(14(21)23-4-2)19-11-7-5-10(6-8-11)15(16,17)18/h5-9,19H,3-4H2,1-2H3. The van der Waals surface area contributed by atoms with Crippen molar-refractivity contribution in [2.24, 2.45) is 0 Å². The van der Waals surface area contributed by atoms with E-state index in [2.05, 4.69) is 5.32 Å². The summed E-state index contributed by atoms with van der Waals surface area (Å²) in [6.07, 6.45) is -3.57. The van der Waals surface area contributed by atoms with Crippen LogP contribution in [0, 0.1) is 0 Å². The summed E-state index contributed by atoms with van der Waals surface area (Å²) in [7, 11) is 0. The average Bonchev–Trinajstić information content (AvgIpc) is 2.46. The van der Waals surface area contributed by atoms with Crippen LogP contribution in [0.25, 0.3) is 0 Å². The maximum atomic E-state index is 12.5. The van der Waals surface area contributed by atoms with E-state index < -0.39 is 23.7 Å². The summed E-state index contributed by atoms with van der Waals surface area (Å²) < 4.78 is 47.0. The van der Waals surface area contributed by atoms with Crippen molar-refractivity contribution in [1.82, 2.24) is 0 Å². The van der Waals surface area contributed by atoms with E-state index >= 15 is 0 Å². The van der Waals surface area contributed by atoms with Crippen molar-refractivity contribution in [2.45, 2.75) is 20.0 Å². The quantitative estimate of drug-likeness (QED) is 0.641. The number of alkyl halides is 3. The average molecular weight is 331 g/mol. The minimum atomic E-state index is -4.46. The number of carbonyl (C=O) groups is 2. The molecule has 0 atom stereocenters. The van der Waals surface area contributed by atoms with Gasteiger partial charge < -0.3 is 14.8 Å².